The fraction of sp³-hybridized carbons (Fsp3) is 0.167. The van der Waals surface area contributed by atoms with Crippen molar-refractivity contribution < 1.29 is 19.4 Å². The molecule has 3 N–H and O–H groups in total. The molecule has 0 saturated heterocycles. The lowest BCUT2D eigenvalue weighted by atomic mass is 10.2. The zero-order valence-corrected chi connectivity index (χ0v) is 12.0. The summed E-state index contributed by atoms with van der Waals surface area (Å²) < 4.78 is 5.07. The highest BCUT2D eigenvalue weighted by atomic mass is 32.1. The third kappa shape index (κ3) is 3.66. The Bertz CT molecular complexity index is 686. The van der Waals surface area contributed by atoms with Crippen LogP contribution in [0.3, 0.4) is 0 Å². The van der Waals surface area contributed by atoms with Gasteiger partial charge in [-0.05, 0) is 25.1 Å². The number of amides is 2. The zero-order chi connectivity index (χ0) is 15.4. The van der Waals surface area contributed by atoms with E-state index < -0.39 is 12.0 Å². The second-order valence-corrected chi connectivity index (χ2v) is 5.11. The van der Waals surface area contributed by atoms with Crippen molar-refractivity contribution in [2.75, 3.05) is 17.7 Å². The fourth-order valence-electron chi connectivity index (χ4n) is 1.54. The molecule has 0 aliphatic carbocycles. The van der Waals surface area contributed by atoms with Gasteiger partial charge in [0.2, 0.25) is 5.13 Å². The molecule has 0 unspecified atom stereocenters. The molecule has 0 spiro atoms. The van der Waals surface area contributed by atoms with E-state index in [-0.39, 0.29) is 11.3 Å². The normalized spacial score (nSPS) is 10.0. The van der Waals surface area contributed by atoms with Gasteiger partial charge < -0.3 is 15.2 Å². The third-order valence-corrected chi connectivity index (χ3v) is 3.20. The number of nitrogens with one attached hydrogen (secondary N) is 2. The Kier molecular flexibility index (Phi) is 4.33. The van der Waals surface area contributed by atoms with E-state index in [4.69, 9.17) is 9.84 Å². The van der Waals surface area contributed by atoms with Gasteiger partial charge in [0.05, 0.1) is 18.4 Å². The van der Waals surface area contributed by atoms with Crippen LogP contribution in [-0.4, -0.2) is 34.4 Å². The molecule has 8 nitrogen and oxygen atoms in total. The second-order valence-electron chi connectivity index (χ2n) is 3.93. The Morgan fingerprint density at radius 1 is 1.29 bits per heavy atom. The van der Waals surface area contributed by atoms with Crippen molar-refractivity contribution in [1.82, 2.24) is 10.2 Å². The number of hydrogen-bond acceptors (Lipinski definition) is 6. The van der Waals surface area contributed by atoms with Gasteiger partial charge in [-0.25, -0.2) is 9.59 Å². The first-order valence-corrected chi connectivity index (χ1v) is 6.60. The smallest absolute Gasteiger partial charge is 0.335 e. The molecule has 0 aliphatic rings. The Labute approximate surface area is 123 Å². The molecule has 0 saturated carbocycles. The van der Waals surface area contributed by atoms with Crippen LogP contribution in [0.5, 0.6) is 5.75 Å². The highest BCUT2D eigenvalue weighted by Gasteiger charge is 2.12. The number of rotatable bonds is 4. The molecule has 0 fully saturated rings. The zero-order valence-electron chi connectivity index (χ0n) is 11.2. The van der Waals surface area contributed by atoms with E-state index in [9.17, 15) is 9.59 Å². The van der Waals surface area contributed by atoms with E-state index in [2.05, 4.69) is 20.8 Å². The maximum atomic E-state index is 11.9. The molecule has 2 rings (SSSR count). The summed E-state index contributed by atoms with van der Waals surface area (Å²) in [7, 11) is 1.42. The van der Waals surface area contributed by atoms with Crippen molar-refractivity contribution in [1.29, 1.82) is 0 Å². The average Bonchev–Trinajstić information content (AvgIpc) is 2.83. The number of urea groups is 1. The van der Waals surface area contributed by atoms with Crippen molar-refractivity contribution in [2.45, 2.75) is 6.92 Å². The van der Waals surface area contributed by atoms with Crippen LogP contribution < -0.4 is 15.4 Å². The van der Waals surface area contributed by atoms with Crippen LogP contribution in [0, 0.1) is 6.92 Å². The number of benzene rings is 1. The maximum Gasteiger partial charge on any atom is 0.335 e. The predicted molar refractivity (Wildman–Crippen MR) is 77.2 cm³/mol. The summed E-state index contributed by atoms with van der Waals surface area (Å²) in [6, 6.07) is 3.60. The number of anilines is 2. The number of aromatic nitrogens is 2. The summed E-state index contributed by atoms with van der Waals surface area (Å²) in [6.07, 6.45) is 0. The lowest BCUT2D eigenvalue weighted by Crippen LogP contribution is -2.20. The lowest BCUT2D eigenvalue weighted by molar-refractivity contribution is 0.0697. The first-order valence-electron chi connectivity index (χ1n) is 5.79. The minimum atomic E-state index is -1.10. The van der Waals surface area contributed by atoms with Crippen molar-refractivity contribution in [2.24, 2.45) is 0 Å². The van der Waals surface area contributed by atoms with Gasteiger partial charge in [-0.2, -0.15) is 0 Å². The van der Waals surface area contributed by atoms with Gasteiger partial charge in [0.25, 0.3) is 0 Å². The number of hydrogen-bond donors (Lipinski definition) is 3. The first kappa shape index (κ1) is 14.7. The molecule has 2 amide bonds. The average molecular weight is 308 g/mol. The van der Waals surface area contributed by atoms with Crippen molar-refractivity contribution in [3.63, 3.8) is 0 Å². The number of carboxylic acid groups (broad SMARTS) is 1. The van der Waals surface area contributed by atoms with E-state index in [1.54, 1.807) is 6.92 Å². The molecule has 1 aromatic heterocycles. The molecule has 0 bridgehead atoms. The first-order chi connectivity index (χ1) is 9.99. The Balaban J connectivity index is 2.15. The Morgan fingerprint density at radius 2 is 2.05 bits per heavy atom. The molecule has 9 heteroatoms. The molecular weight excluding hydrogens is 296 g/mol. The van der Waals surface area contributed by atoms with Crippen LogP contribution in [0.1, 0.15) is 15.4 Å². The number of carbonyl (C=O) groups is 2. The van der Waals surface area contributed by atoms with E-state index >= 15 is 0 Å². The highest BCUT2D eigenvalue weighted by Crippen LogP contribution is 2.26. The van der Waals surface area contributed by atoms with Gasteiger partial charge in [-0.3, -0.25) is 5.32 Å². The van der Waals surface area contributed by atoms with Crippen LogP contribution in [0.15, 0.2) is 18.2 Å². The second kappa shape index (κ2) is 6.18. The van der Waals surface area contributed by atoms with Gasteiger partial charge in [0, 0.05) is 0 Å². The van der Waals surface area contributed by atoms with E-state index in [1.807, 2.05) is 0 Å². The van der Waals surface area contributed by atoms with E-state index in [0.717, 1.165) is 5.01 Å². The highest BCUT2D eigenvalue weighted by molar-refractivity contribution is 7.15. The van der Waals surface area contributed by atoms with Crippen molar-refractivity contribution in [3.8, 4) is 5.75 Å². The molecule has 0 atom stereocenters. The minimum Gasteiger partial charge on any atom is -0.495 e. The number of methoxy groups -OCH3 is 1. The summed E-state index contributed by atoms with van der Waals surface area (Å²) in [6.45, 7) is 1.76. The summed E-state index contributed by atoms with van der Waals surface area (Å²) in [5.41, 5.74) is 0.286. The number of nitrogens with zero attached hydrogens (tertiary/aromatic N) is 2. The standard InChI is InChI=1S/C12H12N4O4S/c1-6-15-16-12(21-6)14-11(19)13-8-5-7(10(17)18)3-4-9(8)20-2/h3-5H,1-2H3,(H,17,18)(H2,13,14,16,19). The molecule has 0 aliphatic heterocycles. The number of ether oxygens (including phenoxy) is 1. The predicted octanol–water partition coefficient (Wildman–Crippen LogP) is 2.20. The van der Waals surface area contributed by atoms with Gasteiger partial charge in [-0.15, -0.1) is 10.2 Å². The number of carboxylic acids is 1. The minimum absolute atomic E-state index is 0.0397. The van der Waals surface area contributed by atoms with Gasteiger partial charge >= 0.3 is 12.0 Å². The topological polar surface area (TPSA) is 113 Å². The molecule has 2 aromatic rings. The van der Waals surface area contributed by atoms with Crippen LogP contribution in [0.2, 0.25) is 0 Å². The number of aryl methyl sites for hydroxylation is 1. The van der Waals surface area contributed by atoms with Crippen LogP contribution in [0.25, 0.3) is 0 Å². The largest absolute Gasteiger partial charge is 0.495 e. The lowest BCUT2D eigenvalue weighted by Gasteiger charge is -2.10. The van der Waals surface area contributed by atoms with E-state index in [0.29, 0.717) is 10.9 Å². The molecule has 1 aromatic carbocycles. The number of aromatic carboxylic acids is 1. The third-order valence-electron chi connectivity index (χ3n) is 2.44. The molecular formula is C12H12N4O4S. The Hall–Kier alpha value is -2.68. The number of carbonyl (C=O) groups excluding carboxylic acids is 1. The SMILES string of the molecule is COc1ccc(C(=O)O)cc1NC(=O)Nc1nnc(C)s1. The Morgan fingerprint density at radius 3 is 2.62 bits per heavy atom. The maximum absolute atomic E-state index is 11.9. The monoisotopic (exact) mass is 308 g/mol. The fourth-order valence-corrected chi connectivity index (χ4v) is 2.12. The van der Waals surface area contributed by atoms with Crippen LogP contribution in [0.4, 0.5) is 15.6 Å². The van der Waals surface area contributed by atoms with Crippen molar-refractivity contribution in [3.05, 3.63) is 28.8 Å². The molecule has 21 heavy (non-hydrogen) atoms. The molecule has 0 radical (unpaired) electrons. The molecule has 110 valence electrons. The summed E-state index contributed by atoms with van der Waals surface area (Å²) in [5.74, 6) is -0.746. The summed E-state index contributed by atoms with van der Waals surface area (Å²) in [4.78, 5) is 22.8. The van der Waals surface area contributed by atoms with Crippen LogP contribution >= 0.6 is 11.3 Å². The van der Waals surface area contributed by atoms with E-state index in [1.165, 1.54) is 36.6 Å². The summed E-state index contributed by atoms with van der Waals surface area (Å²) in [5, 5.41) is 22.6. The van der Waals surface area contributed by atoms with Gasteiger partial charge in [-0.1, -0.05) is 11.3 Å². The van der Waals surface area contributed by atoms with Crippen molar-refractivity contribution >= 4 is 34.2 Å². The molecule has 1 heterocycles. The summed E-state index contributed by atoms with van der Waals surface area (Å²) >= 11 is 1.23. The van der Waals surface area contributed by atoms with Gasteiger partial charge in [0.15, 0.2) is 0 Å². The van der Waals surface area contributed by atoms with Gasteiger partial charge in [0.1, 0.15) is 10.8 Å². The van der Waals surface area contributed by atoms with Crippen LogP contribution in [-0.2, 0) is 0 Å². The quantitative estimate of drug-likeness (QED) is 0.798.